The number of benzene rings is 3. The van der Waals surface area contributed by atoms with Crippen LogP contribution in [0.15, 0.2) is 102 Å². The lowest BCUT2D eigenvalue weighted by Gasteiger charge is -2.02. The monoisotopic (exact) mass is 715 g/mol. The molecule has 0 aliphatic carbocycles. The van der Waals surface area contributed by atoms with Gasteiger partial charge >= 0.3 is 0 Å². The van der Waals surface area contributed by atoms with Crippen LogP contribution in [0.4, 0.5) is 5.69 Å². The van der Waals surface area contributed by atoms with E-state index in [4.69, 9.17) is 31.8 Å². The predicted octanol–water partition coefficient (Wildman–Crippen LogP) is 9.28. The van der Waals surface area contributed by atoms with Crippen molar-refractivity contribution in [3.8, 4) is 0 Å². The van der Waals surface area contributed by atoms with Crippen molar-refractivity contribution >= 4 is 66.7 Å². The van der Waals surface area contributed by atoms with Crippen LogP contribution in [0.25, 0.3) is 43.7 Å². The van der Waals surface area contributed by atoms with E-state index < -0.39 is 0 Å². The first-order valence-electron chi connectivity index (χ1n) is 18.0. The summed E-state index contributed by atoms with van der Waals surface area (Å²) in [6.45, 7) is 6.10. The highest BCUT2D eigenvalue weighted by Gasteiger charge is 2.18. The summed E-state index contributed by atoms with van der Waals surface area (Å²) in [6, 6.07) is 29.2. The summed E-state index contributed by atoms with van der Waals surface area (Å²) in [5.41, 5.74) is 14.2. The molecule has 0 saturated carbocycles. The lowest BCUT2D eigenvalue weighted by atomic mass is 10.0. The molecule has 262 valence electrons. The van der Waals surface area contributed by atoms with E-state index in [1.165, 1.54) is 22.0 Å². The zero-order valence-electron chi connectivity index (χ0n) is 30.2. The molecule has 0 N–H and O–H groups in total. The van der Waals surface area contributed by atoms with Gasteiger partial charge in [-0.05, 0) is 99.5 Å². The molecular formula is C43H38ClN9. The standard InChI is InChI=1S/C22H20N4.C21H18ClN5/c1-14-13-23-15(2)21-12-19(25-26(14)21)10-9-18-11-17-8-7-16-5-3-4-6-20(16)22(17)24-18;1-13-5-7-16(22)19-12-14(25-27(13)19)6-10-20-24-21-15-4-3-11-23-17(15)8-9-18(21)26(20)2/h3-8,12-13H,9-11H2,1-2H3;3-5,7-9,11-12H,6,10H2,1-2H3. The zero-order chi connectivity index (χ0) is 36.2. The summed E-state index contributed by atoms with van der Waals surface area (Å²) in [5.74, 6) is 1.04. The first-order chi connectivity index (χ1) is 25.8. The number of hydrogen-bond acceptors (Lipinski definition) is 6. The second kappa shape index (κ2) is 13.2. The van der Waals surface area contributed by atoms with Crippen LogP contribution in [0.3, 0.4) is 0 Å². The van der Waals surface area contributed by atoms with Gasteiger partial charge in [-0.15, -0.1) is 0 Å². The molecule has 1 aliphatic heterocycles. The van der Waals surface area contributed by atoms with Gasteiger partial charge in [-0.2, -0.15) is 10.2 Å². The van der Waals surface area contributed by atoms with Gasteiger partial charge < -0.3 is 4.57 Å². The Hall–Kier alpha value is -5.93. The molecule has 0 fully saturated rings. The van der Waals surface area contributed by atoms with Crippen LogP contribution < -0.4 is 0 Å². The average Bonchev–Trinajstić information content (AvgIpc) is 3.98. The summed E-state index contributed by atoms with van der Waals surface area (Å²) in [7, 11) is 2.07. The maximum atomic E-state index is 6.31. The first-order valence-corrected chi connectivity index (χ1v) is 18.4. The Morgan fingerprint density at radius 1 is 0.698 bits per heavy atom. The summed E-state index contributed by atoms with van der Waals surface area (Å²) in [4.78, 5) is 18.7. The molecule has 6 aromatic heterocycles. The number of hydrogen-bond donors (Lipinski definition) is 0. The average molecular weight is 716 g/mol. The molecule has 3 aromatic carbocycles. The summed E-state index contributed by atoms with van der Waals surface area (Å²) < 4.78 is 6.07. The van der Waals surface area contributed by atoms with Gasteiger partial charge in [0.05, 0.1) is 61.1 Å². The van der Waals surface area contributed by atoms with E-state index in [1.807, 2.05) is 60.4 Å². The smallest absolute Gasteiger partial charge is 0.110 e. The molecule has 0 atom stereocenters. The fraction of sp³-hybridized carbons (Fsp3) is 0.209. The lowest BCUT2D eigenvalue weighted by molar-refractivity contribution is 0.763. The predicted molar refractivity (Wildman–Crippen MR) is 214 cm³/mol. The van der Waals surface area contributed by atoms with Crippen molar-refractivity contribution in [3.63, 3.8) is 0 Å². The van der Waals surface area contributed by atoms with E-state index in [2.05, 4.69) is 88.3 Å². The van der Waals surface area contributed by atoms with E-state index in [9.17, 15) is 0 Å². The maximum absolute atomic E-state index is 6.31. The Kier molecular flexibility index (Phi) is 8.23. The number of nitrogens with zero attached hydrogens (tertiary/aromatic N) is 9. The highest BCUT2D eigenvalue weighted by molar-refractivity contribution is 6.33. The number of pyridine rings is 2. The van der Waals surface area contributed by atoms with E-state index in [0.29, 0.717) is 0 Å². The van der Waals surface area contributed by atoms with Gasteiger partial charge in [-0.3, -0.25) is 15.0 Å². The number of aromatic nitrogens is 8. The Bertz CT molecular complexity index is 2820. The topological polar surface area (TPSA) is 90.6 Å². The SMILES string of the molecule is Cc1ccc(Cl)c2cc(CCc3nc4c5cccnc5ccc4n3C)nn12.Cc1ncc(C)n2nc(CCC3=Nc4c(ccc5ccccc45)C3)cc12. The molecule has 9 nitrogen and oxygen atoms in total. The third-order valence-electron chi connectivity index (χ3n) is 10.4. The van der Waals surface area contributed by atoms with Gasteiger partial charge in [0.2, 0.25) is 0 Å². The van der Waals surface area contributed by atoms with Crippen molar-refractivity contribution in [2.45, 2.75) is 52.9 Å². The normalized spacial score (nSPS) is 12.6. The van der Waals surface area contributed by atoms with Crippen LogP contribution in [0.5, 0.6) is 0 Å². The fourth-order valence-corrected chi connectivity index (χ4v) is 7.66. The number of aryl methyl sites for hydroxylation is 7. The van der Waals surface area contributed by atoms with Crippen LogP contribution in [0.1, 0.15) is 46.3 Å². The summed E-state index contributed by atoms with van der Waals surface area (Å²) in [5, 5.41) is 13.8. The first kappa shape index (κ1) is 32.9. The molecule has 7 heterocycles. The Labute approximate surface area is 311 Å². The molecule has 0 bridgehead atoms. The molecule has 0 amide bonds. The van der Waals surface area contributed by atoms with Crippen LogP contribution in [0, 0.1) is 20.8 Å². The van der Waals surface area contributed by atoms with E-state index >= 15 is 0 Å². The number of rotatable bonds is 6. The molecule has 0 spiro atoms. The van der Waals surface area contributed by atoms with Crippen molar-refractivity contribution in [2.75, 3.05) is 0 Å². The third kappa shape index (κ3) is 6.00. The maximum Gasteiger partial charge on any atom is 0.110 e. The molecule has 1 aliphatic rings. The van der Waals surface area contributed by atoms with Crippen LogP contribution in [-0.2, 0) is 32.7 Å². The molecule has 10 rings (SSSR count). The molecule has 0 saturated heterocycles. The molecule has 10 heteroatoms. The number of imidazole rings is 1. The van der Waals surface area contributed by atoms with Crippen molar-refractivity contribution in [3.05, 3.63) is 142 Å². The molecule has 0 radical (unpaired) electrons. The van der Waals surface area contributed by atoms with Crippen molar-refractivity contribution in [1.82, 2.24) is 38.7 Å². The van der Waals surface area contributed by atoms with E-state index in [0.717, 1.165) is 110 Å². The zero-order valence-corrected chi connectivity index (χ0v) is 30.9. The Morgan fingerprint density at radius 3 is 2.30 bits per heavy atom. The highest BCUT2D eigenvalue weighted by Crippen LogP contribution is 2.35. The number of halogens is 1. The van der Waals surface area contributed by atoms with Gasteiger partial charge in [-0.25, -0.2) is 14.0 Å². The van der Waals surface area contributed by atoms with E-state index in [1.54, 1.807) is 0 Å². The van der Waals surface area contributed by atoms with Crippen LogP contribution >= 0.6 is 11.6 Å². The quantitative estimate of drug-likeness (QED) is 0.171. The Balaban J connectivity index is 0.000000141. The molecular weight excluding hydrogens is 678 g/mol. The van der Waals surface area contributed by atoms with E-state index in [-0.39, 0.29) is 0 Å². The van der Waals surface area contributed by atoms with Crippen molar-refractivity contribution in [1.29, 1.82) is 0 Å². The minimum Gasteiger partial charge on any atom is -0.331 e. The molecule has 0 unspecified atom stereocenters. The number of aliphatic imine (C=N–C) groups is 1. The van der Waals surface area contributed by atoms with Crippen molar-refractivity contribution < 1.29 is 0 Å². The van der Waals surface area contributed by atoms with Gasteiger partial charge in [0.1, 0.15) is 5.82 Å². The number of fused-ring (bicyclic) bond motifs is 8. The minimum absolute atomic E-state index is 0.723. The fourth-order valence-electron chi connectivity index (χ4n) is 7.46. The van der Waals surface area contributed by atoms with Crippen molar-refractivity contribution in [2.24, 2.45) is 12.0 Å². The Morgan fingerprint density at radius 2 is 1.47 bits per heavy atom. The molecule has 9 aromatic rings. The second-order valence-corrected chi connectivity index (χ2v) is 14.3. The highest BCUT2D eigenvalue weighted by atomic mass is 35.5. The van der Waals surface area contributed by atoms with Crippen LogP contribution in [-0.4, -0.2) is 44.5 Å². The van der Waals surface area contributed by atoms with Gasteiger partial charge in [0.25, 0.3) is 0 Å². The summed E-state index contributed by atoms with van der Waals surface area (Å²) in [6.07, 6.45) is 8.12. The third-order valence-corrected chi connectivity index (χ3v) is 10.7. The largest absolute Gasteiger partial charge is 0.331 e. The van der Waals surface area contributed by atoms with Crippen LogP contribution in [0.2, 0.25) is 5.02 Å². The minimum atomic E-state index is 0.723. The van der Waals surface area contributed by atoms with Gasteiger partial charge in [0.15, 0.2) is 0 Å². The second-order valence-electron chi connectivity index (χ2n) is 13.9. The molecule has 53 heavy (non-hydrogen) atoms. The summed E-state index contributed by atoms with van der Waals surface area (Å²) >= 11 is 6.31. The van der Waals surface area contributed by atoms with Gasteiger partial charge in [0, 0.05) is 54.5 Å². The lowest BCUT2D eigenvalue weighted by Crippen LogP contribution is -2.01. The van der Waals surface area contributed by atoms with Gasteiger partial charge in [-0.1, -0.05) is 48.0 Å².